The highest BCUT2D eigenvalue weighted by molar-refractivity contribution is 7.80. The van der Waals surface area contributed by atoms with Crippen molar-refractivity contribution in [1.82, 2.24) is 15.1 Å². The predicted octanol–water partition coefficient (Wildman–Crippen LogP) is 2.55. The molecule has 100 valence electrons. The third-order valence-corrected chi connectivity index (χ3v) is 2.98. The van der Waals surface area contributed by atoms with Gasteiger partial charge in [0.05, 0.1) is 6.54 Å². The van der Waals surface area contributed by atoms with Crippen LogP contribution in [0.15, 0.2) is 36.4 Å². The summed E-state index contributed by atoms with van der Waals surface area (Å²) in [4.78, 5) is 0. The second-order valence-electron chi connectivity index (χ2n) is 4.30. The molecule has 0 spiro atoms. The summed E-state index contributed by atoms with van der Waals surface area (Å²) in [5.74, 6) is 0.777. The first-order valence-corrected chi connectivity index (χ1v) is 6.73. The van der Waals surface area contributed by atoms with E-state index in [9.17, 15) is 0 Å². The van der Waals surface area contributed by atoms with Gasteiger partial charge in [0.2, 0.25) is 0 Å². The topological polar surface area (TPSA) is 41.9 Å². The average molecular weight is 274 g/mol. The summed E-state index contributed by atoms with van der Waals surface area (Å²) in [7, 11) is 0. The number of hydrogen-bond donors (Lipinski definition) is 2. The van der Waals surface area contributed by atoms with Gasteiger partial charge in [-0.15, -0.1) is 0 Å². The van der Waals surface area contributed by atoms with Crippen LogP contribution in [0, 0.1) is 6.92 Å². The Hall–Kier alpha value is -1.88. The van der Waals surface area contributed by atoms with Crippen molar-refractivity contribution in [2.24, 2.45) is 0 Å². The Morgan fingerprint density at radius 1 is 1.32 bits per heavy atom. The van der Waals surface area contributed by atoms with Crippen molar-refractivity contribution in [3.05, 3.63) is 47.7 Å². The lowest BCUT2D eigenvalue weighted by molar-refractivity contribution is 0.668. The average Bonchev–Trinajstić information content (AvgIpc) is 2.71. The van der Waals surface area contributed by atoms with Gasteiger partial charge >= 0.3 is 0 Å². The Labute approximate surface area is 118 Å². The second kappa shape index (κ2) is 6.33. The predicted molar refractivity (Wildman–Crippen MR) is 82.4 cm³/mol. The molecule has 1 aromatic heterocycles. The van der Waals surface area contributed by atoms with E-state index in [0.29, 0.717) is 5.11 Å². The van der Waals surface area contributed by atoms with Crippen LogP contribution >= 0.6 is 12.2 Å². The summed E-state index contributed by atoms with van der Waals surface area (Å²) < 4.78 is 1.96. The number of aryl methyl sites for hydroxylation is 1. The first-order chi connectivity index (χ1) is 9.19. The van der Waals surface area contributed by atoms with Gasteiger partial charge in [0.1, 0.15) is 0 Å². The van der Waals surface area contributed by atoms with Gasteiger partial charge in [-0.1, -0.05) is 30.3 Å². The van der Waals surface area contributed by atoms with Gasteiger partial charge in [0.25, 0.3) is 0 Å². The molecular weight excluding hydrogens is 256 g/mol. The Balaban J connectivity index is 2.07. The van der Waals surface area contributed by atoms with Crippen LogP contribution in [0.1, 0.15) is 18.2 Å². The Morgan fingerprint density at radius 3 is 2.74 bits per heavy atom. The highest BCUT2D eigenvalue weighted by Gasteiger charge is 2.05. The van der Waals surface area contributed by atoms with Crippen molar-refractivity contribution in [3.8, 4) is 0 Å². The molecule has 0 saturated heterocycles. The van der Waals surface area contributed by atoms with Gasteiger partial charge in [-0.3, -0.25) is 4.68 Å². The van der Waals surface area contributed by atoms with E-state index in [1.54, 1.807) is 0 Å². The minimum atomic E-state index is 0.604. The molecule has 2 rings (SSSR count). The number of benzene rings is 1. The van der Waals surface area contributed by atoms with E-state index in [2.05, 4.69) is 27.9 Å². The summed E-state index contributed by atoms with van der Waals surface area (Å²) in [6.07, 6.45) is 0. The fraction of sp³-hybridized carbons (Fsp3) is 0.286. The molecule has 0 aliphatic heterocycles. The smallest absolute Gasteiger partial charge is 0.171 e. The normalized spacial score (nSPS) is 10.2. The van der Waals surface area contributed by atoms with Crippen molar-refractivity contribution in [1.29, 1.82) is 0 Å². The van der Waals surface area contributed by atoms with Crippen LogP contribution in [-0.2, 0) is 6.54 Å². The number of hydrogen-bond acceptors (Lipinski definition) is 2. The summed E-state index contributed by atoms with van der Waals surface area (Å²) >= 11 is 5.15. The maximum absolute atomic E-state index is 5.15. The van der Waals surface area contributed by atoms with Crippen molar-refractivity contribution in [2.75, 3.05) is 11.9 Å². The fourth-order valence-electron chi connectivity index (χ4n) is 1.81. The zero-order valence-electron chi connectivity index (χ0n) is 11.2. The molecule has 0 aliphatic carbocycles. The van der Waals surface area contributed by atoms with Crippen LogP contribution in [0.4, 0.5) is 5.82 Å². The molecule has 2 aromatic rings. The van der Waals surface area contributed by atoms with Crippen LogP contribution in [0.5, 0.6) is 0 Å². The zero-order valence-corrected chi connectivity index (χ0v) is 12.0. The molecule has 0 amide bonds. The first-order valence-electron chi connectivity index (χ1n) is 6.32. The summed E-state index contributed by atoms with van der Waals surface area (Å²) in [5, 5.41) is 11.2. The van der Waals surface area contributed by atoms with Crippen molar-refractivity contribution in [2.45, 2.75) is 20.4 Å². The van der Waals surface area contributed by atoms with Gasteiger partial charge in [0, 0.05) is 18.3 Å². The van der Waals surface area contributed by atoms with Gasteiger partial charge in [-0.25, -0.2) is 0 Å². The molecule has 2 N–H and O–H groups in total. The van der Waals surface area contributed by atoms with Gasteiger partial charge in [0.15, 0.2) is 10.9 Å². The molecule has 1 heterocycles. The lowest BCUT2D eigenvalue weighted by atomic mass is 10.2. The van der Waals surface area contributed by atoms with Crippen LogP contribution in [-0.4, -0.2) is 21.4 Å². The Bertz CT molecular complexity index is 548. The molecule has 1 aromatic carbocycles. The molecule has 0 fully saturated rings. The van der Waals surface area contributed by atoms with E-state index < -0.39 is 0 Å². The summed E-state index contributed by atoms with van der Waals surface area (Å²) in [5.41, 5.74) is 2.33. The molecule has 0 atom stereocenters. The van der Waals surface area contributed by atoms with E-state index in [-0.39, 0.29) is 0 Å². The molecule has 0 bridgehead atoms. The van der Waals surface area contributed by atoms with Gasteiger partial charge < -0.3 is 10.6 Å². The number of aromatic nitrogens is 2. The van der Waals surface area contributed by atoms with Crippen molar-refractivity contribution in [3.63, 3.8) is 0 Å². The lowest BCUT2D eigenvalue weighted by Gasteiger charge is -2.06. The molecule has 5 heteroatoms. The third-order valence-electron chi connectivity index (χ3n) is 2.74. The zero-order chi connectivity index (χ0) is 13.7. The largest absolute Gasteiger partial charge is 0.363 e. The lowest BCUT2D eigenvalue weighted by Crippen LogP contribution is -2.28. The van der Waals surface area contributed by atoms with E-state index >= 15 is 0 Å². The van der Waals surface area contributed by atoms with Crippen molar-refractivity contribution < 1.29 is 0 Å². The van der Waals surface area contributed by atoms with E-state index in [4.69, 9.17) is 12.2 Å². The Kier molecular flexibility index (Phi) is 4.52. The summed E-state index contributed by atoms with van der Waals surface area (Å²) in [6.45, 7) is 5.61. The highest BCUT2D eigenvalue weighted by atomic mass is 32.1. The molecule has 19 heavy (non-hydrogen) atoms. The number of nitrogens with zero attached hydrogens (tertiary/aromatic N) is 2. The summed E-state index contributed by atoms with van der Waals surface area (Å²) in [6, 6.07) is 12.3. The molecule has 0 saturated carbocycles. The molecule has 4 nitrogen and oxygen atoms in total. The van der Waals surface area contributed by atoms with Crippen LogP contribution in [0.25, 0.3) is 0 Å². The minimum absolute atomic E-state index is 0.604. The highest BCUT2D eigenvalue weighted by Crippen LogP contribution is 2.11. The van der Waals surface area contributed by atoms with E-state index in [1.165, 1.54) is 5.56 Å². The first kappa shape index (κ1) is 13.5. The molecule has 0 radical (unpaired) electrons. The molecule has 0 aliphatic rings. The quantitative estimate of drug-likeness (QED) is 0.841. The standard InChI is InChI=1S/C14H18N4S/c1-3-15-14(19)16-13-9-11(2)18(17-13)10-12-7-5-4-6-8-12/h4-9H,3,10H2,1-2H3,(H2,15,16,17,19). The van der Waals surface area contributed by atoms with Crippen LogP contribution in [0.2, 0.25) is 0 Å². The minimum Gasteiger partial charge on any atom is -0.363 e. The maximum atomic E-state index is 5.15. The fourth-order valence-corrected chi connectivity index (χ4v) is 2.06. The van der Waals surface area contributed by atoms with Crippen LogP contribution < -0.4 is 10.6 Å². The van der Waals surface area contributed by atoms with Crippen LogP contribution in [0.3, 0.4) is 0 Å². The number of anilines is 1. The molecular formula is C14H18N4S. The van der Waals surface area contributed by atoms with E-state index in [0.717, 1.165) is 24.6 Å². The van der Waals surface area contributed by atoms with Gasteiger partial charge in [-0.05, 0) is 31.6 Å². The van der Waals surface area contributed by atoms with E-state index in [1.807, 2.05) is 42.8 Å². The number of nitrogens with one attached hydrogen (secondary N) is 2. The number of rotatable bonds is 4. The Morgan fingerprint density at radius 2 is 2.05 bits per heavy atom. The third kappa shape index (κ3) is 3.79. The second-order valence-corrected chi connectivity index (χ2v) is 4.71. The molecule has 0 unspecified atom stereocenters. The monoisotopic (exact) mass is 274 g/mol. The maximum Gasteiger partial charge on any atom is 0.171 e. The number of thiocarbonyl (C=S) groups is 1. The van der Waals surface area contributed by atoms with Crippen molar-refractivity contribution >= 4 is 23.1 Å². The SMILES string of the molecule is CCNC(=S)Nc1cc(C)n(Cc2ccccc2)n1. The van der Waals surface area contributed by atoms with Gasteiger partial charge in [-0.2, -0.15) is 5.10 Å².